The molecule has 2 aromatic rings. The first kappa shape index (κ1) is 15.8. The van der Waals surface area contributed by atoms with E-state index in [0.717, 1.165) is 16.6 Å². The van der Waals surface area contributed by atoms with Gasteiger partial charge in [0.1, 0.15) is 12.0 Å². The molecule has 1 aromatic carbocycles. The Morgan fingerprint density at radius 2 is 2.22 bits per heavy atom. The SMILES string of the molecule is CC(C)c1cc2[nH]c(CNC(=O)N3CCC(F)C3)cc2cc1F. The number of alkyl halides is 1. The maximum absolute atomic E-state index is 14.0. The summed E-state index contributed by atoms with van der Waals surface area (Å²) >= 11 is 0. The second-order valence-electron chi connectivity index (χ2n) is 6.40. The van der Waals surface area contributed by atoms with Gasteiger partial charge in [0.25, 0.3) is 0 Å². The fourth-order valence-electron chi connectivity index (χ4n) is 2.95. The highest BCUT2D eigenvalue weighted by atomic mass is 19.1. The third-order valence-electron chi connectivity index (χ3n) is 4.26. The molecule has 0 saturated carbocycles. The lowest BCUT2D eigenvalue weighted by atomic mass is 10.0. The van der Waals surface area contributed by atoms with Gasteiger partial charge in [0.2, 0.25) is 0 Å². The van der Waals surface area contributed by atoms with Crippen molar-refractivity contribution < 1.29 is 13.6 Å². The predicted octanol–water partition coefficient (Wildman–Crippen LogP) is 3.68. The summed E-state index contributed by atoms with van der Waals surface area (Å²) in [6.07, 6.45) is -0.525. The number of hydrogen-bond donors (Lipinski definition) is 2. The zero-order valence-electron chi connectivity index (χ0n) is 13.3. The minimum absolute atomic E-state index is 0.106. The highest BCUT2D eigenvalue weighted by molar-refractivity contribution is 5.81. The Morgan fingerprint density at radius 3 is 2.87 bits per heavy atom. The largest absolute Gasteiger partial charge is 0.357 e. The molecule has 2 heterocycles. The third kappa shape index (κ3) is 3.30. The zero-order chi connectivity index (χ0) is 16.6. The van der Waals surface area contributed by atoms with Crippen LogP contribution in [0.15, 0.2) is 18.2 Å². The third-order valence-corrected chi connectivity index (χ3v) is 4.26. The predicted molar refractivity (Wildman–Crippen MR) is 85.7 cm³/mol. The van der Waals surface area contributed by atoms with E-state index >= 15 is 0 Å². The highest BCUT2D eigenvalue weighted by Gasteiger charge is 2.25. The number of nitrogens with one attached hydrogen (secondary N) is 2. The summed E-state index contributed by atoms with van der Waals surface area (Å²) in [4.78, 5) is 16.6. The molecule has 4 nitrogen and oxygen atoms in total. The Kier molecular flexibility index (Phi) is 4.24. The van der Waals surface area contributed by atoms with E-state index in [4.69, 9.17) is 0 Å². The lowest BCUT2D eigenvalue weighted by molar-refractivity contribution is 0.204. The van der Waals surface area contributed by atoms with E-state index in [1.54, 1.807) is 0 Å². The Morgan fingerprint density at radius 1 is 1.43 bits per heavy atom. The first-order valence-electron chi connectivity index (χ1n) is 7.92. The number of fused-ring (bicyclic) bond motifs is 1. The Bertz CT molecular complexity index is 726. The molecule has 3 rings (SSSR count). The van der Waals surface area contributed by atoms with Gasteiger partial charge in [0.15, 0.2) is 0 Å². The Labute approximate surface area is 133 Å². The van der Waals surface area contributed by atoms with E-state index in [1.807, 2.05) is 26.0 Å². The standard InChI is InChI=1S/C17H21F2N3O/c1-10(2)14-7-16-11(6-15(14)19)5-13(21-16)8-20-17(23)22-4-3-12(18)9-22/h5-7,10,12,21H,3-4,8-9H2,1-2H3,(H,20,23). The number of amides is 2. The Hall–Kier alpha value is -2.11. The van der Waals surface area contributed by atoms with Crippen molar-refractivity contribution in [1.29, 1.82) is 0 Å². The first-order chi connectivity index (χ1) is 10.9. The number of H-pyrrole nitrogens is 1. The molecule has 0 radical (unpaired) electrons. The quantitative estimate of drug-likeness (QED) is 0.890. The minimum atomic E-state index is -0.925. The van der Waals surface area contributed by atoms with Crippen LogP contribution in [0.5, 0.6) is 0 Å². The van der Waals surface area contributed by atoms with Crippen molar-refractivity contribution in [2.24, 2.45) is 0 Å². The van der Waals surface area contributed by atoms with Crippen molar-refractivity contribution >= 4 is 16.9 Å². The number of halogens is 2. The topological polar surface area (TPSA) is 48.1 Å². The fraction of sp³-hybridized carbons (Fsp3) is 0.471. The van der Waals surface area contributed by atoms with E-state index in [0.29, 0.717) is 25.1 Å². The summed E-state index contributed by atoms with van der Waals surface area (Å²) < 4.78 is 27.1. The van der Waals surface area contributed by atoms with Crippen LogP contribution < -0.4 is 5.32 Å². The number of hydrogen-bond acceptors (Lipinski definition) is 1. The van der Waals surface area contributed by atoms with Gasteiger partial charge in [-0.2, -0.15) is 0 Å². The first-order valence-corrected chi connectivity index (χ1v) is 7.92. The van der Waals surface area contributed by atoms with Gasteiger partial charge in [-0.15, -0.1) is 0 Å². The minimum Gasteiger partial charge on any atom is -0.357 e. The number of carbonyl (C=O) groups is 1. The van der Waals surface area contributed by atoms with Crippen LogP contribution in [0.3, 0.4) is 0 Å². The second kappa shape index (κ2) is 6.18. The molecule has 6 heteroatoms. The summed E-state index contributed by atoms with van der Waals surface area (Å²) in [5, 5.41) is 3.55. The monoisotopic (exact) mass is 321 g/mol. The van der Waals surface area contributed by atoms with E-state index in [1.165, 1.54) is 11.0 Å². The van der Waals surface area contributed by atoms with Crippen molar-refractivity contribution in [3.8, 4) is 0 Å². The molecule has 0 spiro atoms. The molecule has 1 aliphatic rings. The number of aromatic nitrogens is 1. The number of benzene rings is 1. The van der Waals surface area contributed by atoms with Gasteiger partial charge in [-0.1, -0.05) is 13.8 Å². The number of urea groups is 1. The molecule has 1 unspecified atom stereocenters. The number of aromatic amines is 1. The zero-order valence-corrected chi connectivity index (χ0v) is 13.3. The van der Waals surface area contributed by atoms with Crippen LogP contribution in [0.25, 0.3) is 10.9 Å². The van der Waals surface area contributed by atoms with Gasteiger partial charge in [-0.05, 0) is 36.1 Å². The highest BCUT2D eigenvalue weighted by Crippen LogP contribution is 2.25. The molecule has 1 fully saturated rings. The summed E-state index contributed by atoms with van der Waals surface area (Å²) in [5.74, 6) is -0.109. The summed E-state index contributed by atoms with van der Waals surface area (Å²) in [5.41, 5.74) is 2.31. The van der Waals surface area contributed by atoms with Crippen LogP contribution in [0.1, 0.15) is 37.4 Å². The maximum atomic E-state index is 14.0. The molecule has 2 N–H and O–H groups in total. The maximum Gasteiger partial charge on any atom is 0.317 e. The normalized spacial score (nSPS) is 18.1. The van der Waals surface area contributed by atoms with Crippen LogP contribution in [-0.4, -0.2) is 35.2 Å². The van der Waals surface area contributed by atoms with Gasteiger partial charge < -0.3 is 15.2 Å². The number of likely N-dealkylation sites (tertiary alicyclic amines) is 1. The molecule has 1 aliphatic heterocycles. The number of rotatable bonds is 3. The molecule has 124 valence electrons. The van der Waals surface area contributed by atoms with Crippen LogP contribution in [0.2, 0.25) is 0 Å². The lowest BCUT2D eigenvalue weighted by Gasteiger charge is -2.15. The molecule has 0 aliphatic carbocycles. The summed E-state index contributed by atoms with van der Waals surface area (Å²) in [7, 11) is 0. The van der Waals surface area contributed by atoms with Gasteiger partial charge in [0, 0.05) is 23.1 Å². The van der Waals surface area contributed by atoms with E-state index in [9.17, 15) is 13.6 Å². The molecule has 1 atom stereocenters. The smallest absolute Gasteiger partial charge is 0.317 e. The number of carbonyl (C=O) groups excluding carboxylic acids is 1. The van der Waals surface area contributed by atoms with Crippen LogP contribution in [0, 0.1) is 5.82 Å². The molecule has 1 aromatic heterocycles. The summed E-state index contributed by atoms with van der Waals surface area (Å²) in [6.45, 7) is 4.80. The van der Waals surface area contributed by atoms with E-state index < -0.39 is 6.17 Å². The average Bonchev–Trinajstić information content (AvgIpc) is 3.09. The number of nitrogens with zero attached hydrogens (tertiary/aromatic N) is 1. The van der Waals surface area contributed by atoms with E-state index in [-0.39, 0.29) is 24.3 Å². The Balaban J connectivity index is 1.70. The van der Waals surface area contributed by atoms with E-state index in [2.05, 4.69) is 10.3 Å². The van der Waals surface area contributed by atoms with Crippen molar-refractivity contribution in [3.05, 3.63) is 35.3 Å². The lowest BCUT2D eigenvalue weighted by Crippen LogP contribution is -2.38. The average molecular weight is 321 g/mol. The molecule has 23 heavy (non-hydrogen) atoms. The van der Waals surface area contributed by atoms with Gasteiger partial charge in [0.05, 0.1) is 13.1 Å². The van der Waals surface area contributed by atoms with Crippen molar-refractivity contribution in [2.45, 2.75) is 38.9 Å². The summed E-state index contributed by atoms with van der Waals surface area (Å²) in [6, 6.07) is 4.89. The van der Waals surface area contributed by atoms with Crippen molar-refractivity contribution in [2.75, 3.05) is 13.1 Å². The van der Waals surface area contributed by atoms with Crippen LogP contribution >= 0.6 is 0 Å². The molecule has 0 bridgehead atoms. The second-order valence-corrected chi connectivity index (χ2v) is 6.40. The fourth-order valence-corrected chi connectivity index (χ4v) is 2.95. The van der Waals surface area contributed by atoms with Gasteiger partial charge in [-0.3, -0.25) is 0 Å². The van der Waals surface area contributed by atoms with Crippen molar-refractivity contribution in [1.82, 2.24) is 15.2 Å². The van der Waals surface area contributed by atoms with Crippen LogP contribution in [-0.2, 0) is 6.54 Å². The van der Waals surface area contributed by atoms with Crippen molar-refractivity contribution in [3.63, 3.8) is 0 Å². The van der Waals surface area contributed by atoms with Gasteiger partial charge in [-0.25, -0.2) is 13.6 Å². The van der Waals surface area contributed by atoms with Crippen LogP contribution in [0.4, 0.5) is 13.6 Å². The molecule has 2 amide bonds. The molecule has 1 saturated heterocycles. The van der Waals surface area contributed by atoms with Gasteiger partial charge >= 0.3 is 6.03 Å². The molecular weight excluding hydrogens is 300 g/mol. The molecular formula is C17H21F2N3O.